The molecule has 21 heavy (non-hydrogen) atoms. The van der Waals surface area contributed by atoms with Crippen LogP contribution in [0.1, 0.15) is 15.9 Å². The highest BCUT2D eigenvalue weighted by atomic mass is 32.2. The van der Waals surface area contributed by atoms with Crippen LogP contribution in [0.3, 0.4) is 0 Å². The van der Waals surface area contributed by atoms with E-state index in [4.69, 9.17) is 0 Å². The van der Waals surface area contributed by atoms with Crippen molar-refractivity contribution in [3.63, 3.8) is 0 Å². The second-order valence-electron chi connectivity index (χ2n) is 4.60. The minimum Gasteiger partial charge on any atom is -0.294 e. The van der Waals surface area contributed by atoms with Gasteiger partial charge in [-0.15, -0.1) is 0 Å². The number of hydrogen-bond donors (Lipinski definition) is 0. The molecule has 0 aliphatic carbocycles. The van der Waals surface area contributed by atoms with Crippen LogP contribution in [0.5, 0.6) is 0 Å². The number of Topliss-reactive ketones (excluding diaryl/α,β-unsaturated/α-hetero) is 1. The van der Waals surface area contributed by atoms with E-state index < -0.39 is 33.7 Å². The number of halogens is 2. The third-order valence-corrected chi connectivity index (χ3v) is 4.09. The number of benzene rings is 2. The van der Waals surface area contributed by atoms with Gasteiger partial charge in [0.15, 0.2) is 15.6 Å². The predicted octanol–water partition coefficient (Wildman–Crippen LogP) is 2.79. The van der Waals surface area contributed by atoms with Crippen molar-refractivity contribution < 1.29 is 22.0 Å². The molecule has 0 aliphatic heterocycles. The molecule has 0 N–H and O–H groups in total. The first-order valence-electron chi connectivity index (χ1n) is 6.05. The number of carbonyl (C=O) groups excluding carboxylic acids is 1. The Morgan fingerprint density at radius 2 is 1.62 bits per heavy atom. The smallest absolute Gasteiger partial charge is 0.175 e. The molecule has 2 aromatic carbocycles. The second-order valence-corrected chi connectivity index (χ2v) is 6.62. The van der Waals surface area contributed by atoms with E-state index in [0.717, 1.165) is 18.4 Å². The zero-order chi connectivity index (χ0) is 15.6. The number of sulfone groups is 1. The van der Waals surface area contributed by atoms with Gasteiger partial charge in [0.25, 0.3) is 0 Å². The average Bonchev–Trinajstić information content (AvgIpc) is 2.42. The van der Waals surface area contributed by atoms with Crippen molar-refractivity contribution >= 4 is 15.6 Å². The fourth-order valence-electron chi connectivity index (χ4n) is 1.86. The highest BCUT2D eigenvalue weighted by Crippen LogP contribution is 2.17. The first-order chi connectivity index (χ1) is 9.79. The summed E-state index contributed by atoms with van der Waals surface area (Å²) in [6.07, 6.45) is 0.554. The van der Waals surface area contributed by atoms with Crippen LogP contribution in [0.15, 0.2) is 47.4 Å². The van der Waals surface area contributed by atoms with Crippen molar-refractivity contribution in [3.05, 3.63) is 65.2 Å². The van der Waals surface area contributed by atoms with Gasteiger partial charge in [-0.1, -0.05) is 18.2 Å². The van der Waals surface area contributed by atoms with Crippen molar-refractivity contribution in [2.75, 3.05) is 6.26 Å². The van der Waals surface area contributed by atoms with E-state index in [1.165, 1.54) is 30.3 Å². The molecule has 0 aromatic heterocycles. The van der Waals surface area contributed by atoms with Gasteiger partial charge >= 0.3 is 0 Å². The van der Waals surface area contributed by atoms with Crippen LogP contribution in [-0.2, 0) is 16.3 Å². The van der Waals surface area contributed by atoms with E-state index >= 15 is 0 Å². The predicted molar refractivity (Wildman–Crippen MR) is 73.9 cm³/mol. The lowest BCUT2D eigenvalue weighted by Gasteiger charge is -2.06. The molecule has 0 saturated heterocycles. The monoisotopic (exact) mass is 310 g/mol. The second kappa shape index (κ2) is 5.73. The summed E-state index contributed by atoms with van der Waals surface area (Å²) < 4.78 is 49.9. The van der Waals surface area contributed by atoms with E-state index in [-0.39, 0.29) is 16.0 Å². The maximum Gasteiger partial charge on any atom is 0.175 e. The average molecular weight is 310 g/mol. The molecule has 0 spiro atoms. The van der Waals surface area contributed by atoms with Gasteiger partial charge in [0.2, 0.25) is 0 Å². The topological polar surface area (TPSA) is 51.2 Å². The summed E-state index contributed by atoms with van der Waals surface area (Å²) in [5.74, 6) is -2.16. The highest BCUT2D eigenvalue weighted by Gasteiger charge is 2.16. The number of hydrogen-bond acceptors (Lipinski definition) is 3. The molecular formula is C15H12F2O3S. The van der Waals surface area contributed by atoms with Crippen LogP contribution in [-0.4, -0.2) is 20.5 Å². The van der Waals surface area contributed by atoms with Gasteiger partial charge < -0.3 is 0 Å². The van der Waals surface area contributed by atoms with Gasteiger partial charge in [-0.3, -0.25) is 4.79 Å². The Hall–Kier alpha value is -2.08. The molecule has 0 atom stereocenters. The molecule has 2 rings (SSSR count). The molecule has 0 bridgehead atoms. The molecule has 3 nitrogen and oxygen atoms in total. The molecule has 110 valence electrons. The lowest BCUT2D eigenvalue weighted by molar-refractivity contribution is 0.0990. The number of ketones is 1. The van der Waals surface area contributed by atoms with Crippen LogP contribution in [0.25, 0.3) is 0 Å². The Morgan fingerprint density at radius 1 is 1.05 bits per heavy atom. The van der Waals surface area contributed by atoms with Crippen molar-refractivity contribution in [2.24, 2.45) is 0 Å². The molecule has 2 aromatic rings. The fraction of sp³-hybridized carbons (Fsp3) is 0.133. The summed E-state index contributed by atoms with van der Waals surface area (Å²) in [6.45, 7) is 0. The van der Waals surface area contributed by atoms with Crippen LogP contribution in [0, 0.1) is 11.6 Å². The van der Waals surface area contributed by atoms with E-state index in [1.54, 1.807) is 0 Å². The summed E-state index contributed by atoms with van der Waals surface area (Å²) in [4.78, 5) is 12.1. The van der Waals surface area contributed by atoms with Crippen molar-refractivity contribution in [2.45, 2.75) is 11.3 Å². The zero-order valence-electron chi connectivity index (χ0n) is 11.1. The summed E-state index contributed by atoms with van der Waals surface area (Å²) in [5.41, 5.74) is -0.229. The van der Waals surface area contributed by atoms with Crippen LogP contribution < -0.4 is 0 Å². The van der Waals surface area contributed by atoms with Crippen LogP contribution >= 0.6 is 0 Å². The molecule has 0 unspecified atom stereocenters. The largest absolute Gasteiger partial charge is 0.294 e. The molecule has 0 fully saturated rings. The van der Waals surface area contributed by atoms with E-state index in [2.05, 4.69) is 0 Å². The number of carbonyl (C=O) groups is 1. The van der Waals surface area contributed by atoms with Gasteiger partial charge in [0, 0.05) is 23.8 Å². The molecule has 0 aliphatic rings. The Balaban J connectivity index is 2.34. The summed E-state index contributed by atoms with van der Waals surface area (Å²) in [7, 11) is -3.45. The number of rotatable bonds is 4. The Kier molecular flexibility index (Phi) is 4.18. The van der Waals surface area contributed by atoms with Crippen molar-refractivity contribution in [1.29, 1.82) is 0 Å². The lowest BCUT2D eigenvalue weighted by atomic mass is 10.0. The van der Waals surface area contributed by atoms with Gasteiger partial charge in [0.05, 0.1) is 4.90 Å². The molecule has 0 heterocycles. The van der Waals surface area contributed by atoms with E-state index in [1.807, 2.05) is 0 Å². The van der Waals surface area contributed by atoms with Gasteiger partial charge in [-0.25, -0.2) is 17.2 Å². The van der Waals surface area contributed by atoms with Gasteiger partial charge in [0.1, 0.15) is 11.6 Å². The zero-order valence-corrected chi connectivity index (χ0v) is 12.0. The standard InChI is InChI=1S/C15H12F2O3S/c1-21(19,20)11-5-2-4-10(8-11)15(18)9-12-13(16)6-3-7-14(12)17/h2-8H,9H2,1H3. The third kappa shape index (κ3) is 3.52. The first-order valence-corrected chi connectivity index (χ1v) is 7.94. The Morgan fingerprint density at radius 3 is 2.19 bits per heavy atom. The lowest BCUT2D eigenvalue weighted by Crippen LogP contribution is -2.08. The van der Waals surface area contributed by atoms with Crippen molar-refractivity contribution in [1.82, 2.24) is 0 Å². The fourth-order valence-corrected chi connectivity index (χ4v) is 2.53. The minimum atomic E-state index is -3.45. The molecule has 6 heteroatoms. The van der Waals surface area contributed by atoms with Gasteiger partial charge in [-0.2, -0.15) is 0 Å². The minimum absolute atomic E-state index is 0.0117. The van der Waals surface area contributed by atoms with E-state index in [9.17, 15) is 22.0 Å². The van der Waals surface area contributed by atoms with Crippen LogP contribution in [0.2, 0.25) is 0 Å². The van der Waals surface area contributed by atoms with Crippen LogP contribution in [0.4, 0.5) is 8.78 Å². The molecule has 0 radical (unpaired) electrons. The maximum absolute atomic E-state index is 13.5. The summed E-state index contributed by atoms with van der Waals surface area (Å²) in [5, 5.41) is 0. The van der Waals surface area contributed by atoms with Crippen molar-refractivity contribution in [3.8, 4) is 0 Å². The molecule has 0 saturated carbocycles. The SMILES string of the molecule is CS(=O)(=O)c1cccc(C(=O)Cc2c(F)cccc2F)c1. The molecular weight excluding hydrogens is 298 g/mol. The maximum atomic E-state index is 13.5. The summed E-state index contributed by atoms with van der Waals surface area (Å²) >= 11 is 0. The first kappa shape index (κ1) is 15.3. The van der Waals surface area contributed by atoms with Gasteiger partial charge in [-0.05, 0) is 24.3 Å². The normalized spacial score (nSPS) is 11.4. The molecule has 0 amide bonds. The Labute approximate surface area is 121 Å². The summed E-state index contributed by atoms with van der Waals surface area (Å²) in [6, 6.07) is 8.74. The quantitative estimate of drug-likeness (QED) is 0.816. The third-order valence-electron chi connectivity index (χ3n) is 2.98. The highest BCUT2D eigenvalue weighted by molar-refractivity contribution is 7.90. The Bertz CT molecular complexity index is 778. The van der Waals surface area contributed by atoms with E-state index in [0.29, 0.717) is 0 Å².